The Morgan fingerprint density at radius 2 is 2.00 bits per heavy atom. The van der Waals surface area contributed by atoms with Gasteiger partial charge in [0, 0.05) is 36.3 Å². The van der Waals surface area contributed by atoms with Crippen LogP contribution in [0.3, 0.4) is 0 Å². The van der Waals surface area contributed by atoms with Crippen molar-refractivity contribution in [1.29, 1.82) is 0 Å². The van der Waals surface area contributed by atoms with E-state index in [0.29, 0.717) is 0 Å². The van der Waals surface area contributed by atoms with Gasteiger partial charge in [0.1, 0.15) is 0 Å². The summed E-state index contributed by atoms with van der Waals surface area (Å²) in [6, 6.07) is 12.6. The van der Waals surface area contributed by atoms with Crippen molar-refractivity contribution in [2.24, 2.45) is 0 Å². The van der Waals surface area contributed by atoms with Gasteiger partial charge in [0.05, 0.1) is 0 Å². The molecule has 0 saturated carbocycles. The minimum atomic E-state index is 0.0372. The molecule has 2 amide bonds. The Bertz CT molecular complexity index is 644. The highest BCUT2D eigenvalue weighted by molar-refractivity contribution is 9.10. The fourth-order valence-corrected chi connectivity index (χ4v) is 2.77. The van der Waals surface area contributed by atoms with Crippen LogP contribution in [0.15, 0.2) is 40.9 Å². The lowest BCUT2D eigenvalue weighted by molar-refractivity contribution is 0.219. The number of fused-ring (bicyclic) bond motifs is 1. The molecule has 5 heteroatoms. The molecule has 1 fully saturated rings. The minimum Gasteiger partial charge on any atom is -0.383 e. The molecule has 2 N–H and O–H groups in total. The molecule has 0 bridgehead atoms. The molecule has 2 aromatic rings. The third-order valence-corrected chi connectivity index (χ3v) is 3.95. The maximum Gasteiger partial charge on any atom is 0.317 e. The number of nitrogens with zero attached hydrogens (tertiary/aromatic N) is 1. The number of hydrogen-bond donors (Lipinski definition) is 2. The molecular weight excluding hydrogens is 318 g/mol. The normalized spacial score (nSPS) is 14.7. The number of carbonyl (C=O) groups is 1. The average Bonchev–Trinajstić information content (AvgIpc) is 2.85. The third-order valence-electron chi connectivity index (χ3n) is 3.46. The molecule has 2 aromatic carbocycles. The van der Waals surface area contributed by atoms with Gasteiger partial charge >= 0.3 is 6.03 Å². The first-order chi connectivity index (χ1) is 9.72. The summed E-state index contributed by atoms with van der Waals surface area (Å²) in [5, 5.41) is 8.59. The Morgan fingerprint density at radius 3 is 2.80 bits per heavy atom. The fraction of sp³-hybridized carbons (Fsp3) is 0.267. The highest BCUT2D eigenvalue weighted by Crippen LogP contribution is 2.22. The van der Waals surface area contributed by atoms with Gasteiger partial charge in [0.15, 0.2) is 0 Å². The van der Waals surface area contributed by atoms with Gasteiger partial charge in [-0.15, -0.1) is 0 Å². The Labute approximate surface area is 126 Å². The van der Waals surface area contributed by atoms with Crippen LogP contribution in [0.5, 0.6) is 0 Å². The predicted molar refractivity (Wildman–Crippen MR) is 85.1 cm³/mol. The molecule has 0 unspecified atom stereocenters. The maximum atomic E-state index is 11.4. The minimum absolute atomic E-state index is 0.0372. The van der Waals surface area contributed by atoms with Crippen LogP contribution in [-0.2, 0) is 0 Å². The van der Waals surface area contributed by atoms with Crippen LogP contribution >= 0.6 is 15.9 Å². The van der Waals surface area contributed by atoms with Crippen molar-refractivity contribution < 1.29 is 4.79 Å². The van der Waals surface area contributed by atoms with Crippen molar-refractivity contribution in [3.8, 4) is 0 Å². The van der Waals surface area contributed by atoms with E-state index in [9.17, 15) is 4.79 Å². The number of amides is 2. The Hall–Kier alpha value is -1.75. The molecule has 1 heterocycles. The van der Waals surface area contributed by atoms with Gasteiger partial charge in [-0.25, -0.2) is 4.79 Å². The molecule has 104 valence electrons. The van der Waals surface area contributed by atoms with E-state index in [1.54, 1.807) is 0 Å². The van der Waals surface area contributed by atoms with Gasteiger partial charge in [-0.3, -0.25) is 0 Å². The van der Waals surface area contributed by atoms with Crippen molar-refractivity contribution >= 4 is 38.4 Å². The first-order valence-corrected chi connectivity index (χ1v) is 7.48. The molecule has 0 aromatic heterocycles. The Balaban J connectivity index is 1.63. The summed E-state index contributed by atoms with van der Waals surface area (Å²) >= 11 is 3.48. The summed E-state index contributed by atoms with van der Waals surface area (Å²) in [4.78, 5) is 13.2. The number of rotatable bonds is 4. The molecule has 0 radical (unpaired) electrons. The number of hydrogen-bond acceptors (Lipinski definition) is 2. The smallest absolute Gasteiger partial charge is 0.317 e. The molecule has 0 aliphatic carbocycles. The number of urea groups is 1. The summed E-state index contributed by atoms with van der Waals surface area (Å²) in [6.45, 7) is 3.04. The number of nitrogens with one attached hydrogen (secondary N) is 2. The number of anilines is 1. The molecule has 0 atom stereocenters. The molecule has 4 nitrogen and oxygen atoms in total. The molecule has 1 saturated heterocycles. The van der Waals surface area contributed by atoms with Gasteiger partial charge in [-0.2, -0.15) is 0 Å². The van der Waals surface area contributed by atoms with Crippen LogP contribution < -0.4 is 10.6 Å². The zero-order valence-corrected chi connectivity index (χ0v) is 12.6. The van der Waals surface area contributed by atoms with Crippen LogP contribution in [0.25, 0.3) is 10.8 Å². The van der Waals surface area contributed by atoms with E-state index in [2.05, 4.69) is 56.9 Å². The largest absolute Gasteiger partial charge is 0.383 e. The quantitative estimate of drug-likeness (QED) is 0.903. The van der Waals surface area contributed by atoms with Crippen LogP contribution in [0.4, 0.5) is 10.5 Å². The zero-order valence-electron chi connectivity index (χ0n) is 11.0. The molecule has 20 heavy (non-hydrogen) atoms. The maximum absolute atomic E-state index is 11.4. The van der Waals surface area contributed by atoms with Crippen LogP contribution in [0, 0.1) is 0 Å². The van der Waals surface area contributed by atoms with E-state index in [4.69, 9.17) is 0 Å². The second kappa shape index (κ2) is 5.71. The van der Waals surface area contributed by atoms with Crippen molar-refractivity contribution in [2.75, 3.05) is 31.5 Å². The summed E-state index contributed by atoms with van der Waals surface area (Å²) in [5.41, 5.74) is 1.08. The average molecular weight is 334 g/mol. The lowest BCUT2D eigenvalue weighted by Gasteiger charge is -2.15. The Kier molecular flexibility index (Phi) is 3.78. The monoisotopic (exact) mass is 333 g/mol. The van der Waals surface area contributed by atoms with Crippen molar-refractivity contribution in [3.05, 3.63) is 40.9 Å². The number of carbonyl (C=O) groups excluding carboxylic acids is 1. The van der Waals surface area contributed by atoms with E-state index in [1.807, 2.05) is 11.0 Å². The zero-order chi connectivity index (χ0) is 13.9. The molecule has 0 spiro atoms. The van der Waals surface area contributed by atoms with E-state index in [-0.39, 0.29) is 6.03 Å². The summed E-state index contributed by atoms with van der Waals surface area (Å²) < 4.78 is 1.09. The van der Waals surface area contributed by atoms with Gasteiger partial charge in [0.25, 0.3) is 0 Å². The van der Waals surface area contributed by atoms with Gasteiger partial charge < -0.3 is 15.5 Å². The van der Waals surface area contributed by atoms with Crippen LogP contribution in [0.1, 0.15) is 0 Å². The van der Waals surface area contributed by atoms with Gasteiger partial charge in [0.2, 0.25) is 0 Å². The van der Waals surface area contributed by atoms with Crippen LogP contribution in [-0.4, -0.2) is 37.1 Å². The van der Waals surface area contributed by atoms with E-state index >= 15 is 0 Å². The number of halogens is 1. The molecular formula is C15H16BrN3O. The summed E-state index contributed by atoms with van der Waals surface area (Å²) in [7, 11) is 0. The molecule has 1 aliphatic heterocycles. The highest BCUT2D eigenvalue weighted by atomic mass is 79.9. The third kappa shape index (κ3) is 2.88. The Morgan fingerprint density at radius 1 is 1.20 bits per heavy atom. The SMILES string of the molecule is O=C1NCCN1CCNc1ccc2cc(Br)ccc2c1. The summed E-state index contributed by atoms with van der Waals surface area (Å²) in [6.07, 6.45) is 0. The van der Waals surface area contributed by atoms with Crippen molar-refractivity contribution in [3.63, 3.8) is 0 Å². The fourth-order valence-electron chi connectivity index (χ4n) is 2.39. The van der Waals surface area contributed by atoms with E-state index < -0.39 is 0 Å². The standard InChI is InChI=1S/C15H16BrN3O/c16-13-3-1-12-10-14(4-2-11(12)9-13)17-5-7-19-8-6-18-15(19)20/h1-4,9-10,17H,5-8H2,(H,18,20). The molecule has 3 rings (SSSR count). The van der Waals surface area contributed by atoms with E-state index in [1.165, 1.54) is 10.8 Å². The van der Waals surface area contributed by atoms with Gasteiger partial charge in [-0.05, 0) is 35.0 Å². The lowest BCUT2D eigenvalue weighted by atomic mass is 10.1. The van der Waals surface area contributed by atoms with Crippen molar-refractivity contribution in [1.82, 2.24) is 10.2 Å². The molecule has 1 aliphatic rings. The van der Waals surface area contributed by atoms with E-state index in [0.717, 1.165) is 36.3 Å². The first kappa shape index (κ1) is 13.2. The van der Waals surface area contributed by atoms with Gasteiger partial charge in [-0.1, -0.05) is 28.1 Å². The van der Waals surface area contributed by atoms with Crippen LogP contribution in [0.2, 0.25) is 0 Å². The first-order valence-electron chi connectivity index (χ1n) is 6.68. The topological polar surface area (TPSA) is 44.4 Å². The summed E-state index contributed by atoms with van der Waals surface area (Å²) in [5.74, 6) is 0. The van der Waals surface area contributed by atoms with Crippen molar-refractivity contribution in [2.45, 2.75) is 0 Å². The lowest BCUT2D eigenvalue weighted by Crippen LogP contribution is -2.32. The second-order valence-corrected chi connectivity index (χ2v) is 5.77. The highest BCUT2D eigenvalue weighted by Gasteiger charge is 2.18. The predicted octanol–water partition coefficient (Wildman–Crippen LogP) is 3.04. The number of benzene rings is 2. The second-order valence-electron chi connectivity index (χ2n) is 4.85.